The number of carbonyl (C=O) groups excluding carboxylic acids is 1. The fourth-order valence-corrected chi connectivity index (χ4v) is 2.18. The van der Waals surface area contributed by atoms with Crippen LogP contribution in [0.1, 0.15) is 11.4 Å². The summed E-state index contributed by atoms with van der Waals surface area (Å²) in [6.45, 7) is 0. The molecule has 0 atom stereocenters. The quantitative estimate of drug-likeness (QED) is 0.854. The monoisotopic (exact) mass is 307 g/mol. The van der Waals surface area contributed by atoms with Crippen molar-refractivity contribution in [3.8, 4) is 17.1 Å². The molecule has 23 heavy (non-hydrogen) atoms. The van der Waals surface area contributed by atoms with Crippen molar-refractivity contribution < 1.29 is 9.53 Å². The molecular weight excluding hydrogens is 290 g/mol. The maximum atomic E-state index is 11.9. The van der Waals surface area contributed by atoms with Gasteiger partial charge in [-0.3, -0.25) is 0 Å². The van der Waals surface area contributed by atoms with Gasteiger partial charge in [0, 0.05) is 26.1 Å². The maximum absolute atomic E-state index is 11.9. The van der Waals surface area contributed by atoms with Crippen LogP contribution in [-0.2, 0) is 6.42 Å². The number of rotatable bonds is 2. The molecule has 1 aliphatic rings. The van der Waals surface area contributed by atoms with E-state index in [0.717, 1.165) is 17.0 Å². The van der Waals surface area contributed by atoms with Gasteiger partial charge >= 0.3 is 6.09 Å². The lowest BCUT2D eigenvalue weighted by molar-refractivity contribution is 0.170. The lowest BCUT2D eigenvalue weighted by Crippen LogP contribution is -2.26. The zero-order chi connectivity index (χ0) is 16.2. The largest absolute Gasteiger partial charge is 0.416 e. The number of allylic oxidation sites excluding steroid dienone is 3. The van der Waals surface area contributed by atoms with E-state index in [9.17, 15) is 4.79 Å². The van der Waals surface area contributed by atoms with Crippen LogP contribution >= 0.6 is 0 Å². The number of benzene rings is 1. The first-order valence-corrected chi connectivity index (χ1v) is 7.34. The Bertz CT molecular complexity index is 780. The summed E-state index contributed by atoms with van der Waals surface area (Å²) in [6.07, 6.45) is 7.97. The van der Waals surface area contributed by atoms with Crippen molar-refractivity contribution in [1.82, 2.24) is 14.9 Å². The molecule has 0 saturated carbocycles. The fourth-order valence-electron chi connectivity index (χ4n) is 2.18. The number of ether oxygens (including phenoxy) is 1. The standard InChI is InChI=1S/C18H17N3O2/c1-21(2)18(22)23-17-16(13-9-5-3-6-10-13)19-14-11-7-4-8-12-15(14)20-17/h3-11H,12H2,1-2H3. The van der Waals surface area contributed by atoms with Gasteiger partial charge in [-0.1, -0.05) is 48.6 Å². The molecule has 3 rings (SSSR count). The predicted molar refractivity (Wildman–Crippen MR) is 89.1 cm³/mol. The highest BCUT2D eigenvalue weighted by Gasteiger charge is 2.18. The van der Waals surface area contributed by atoms with E-state index >= 15 is 0 Å². The van der Waals surface area contributed by atoms with Gasteiger partial charge in [-0.25, -0.2) is 14.8 Å². The number of nitrogens with zero attached hydrogens (tertiary/aromatic N) is 3. The molecule has 1 amide bonds. The average molecular weight is 307 g/mol. The molecule has 1 aromatic heterocycles. The second kappa shape index (κ2) is 6.44. The molecule has 0 bridgehead atoms. The Kier molecular flexibility index (Phi) is 4.19. The van der Waals surface area contributed by atoms with Crippen LogP contribution in [-0.4, -0.2) is 35.1 Å². The molecule has 5 heteroatoms. The summed E-state index contributed by atoms with van der Waals surface area (Å²) in [4.78, 5) is 22.5. The lowest BCUT2D eigenvalue weighted by Gasteiger charge is -2.14. The predicted octanol–water partition coefficient (Wildman–Crippen LogP) is 3.33. The first kappa shape index (κ1) is 15.0. The number of hydrogen-bond acceptors (Lipinski definition) is 4. The van der Waals surface area contributed by atoms with Crippen LogP contribution in [0.2, 0.25) is 0 Å². The summed E-state index contributed by atoms with van der Waals surface area (Å²) in [7, 11) is 3.26. The normalized spacial score (nSPS) is 12.4. The van der Waals surface area contributed by atoms with Gasteiger partial charge in [-0.2, -0.15) is 0 Å². The van der Waals surface area contributed by atoms with Crippen molar-refractivity contribution in [1.29, 1.82) is 0 Å². The molecule has 0 radical (unpaired) electrons. The number of carbonyl (C=O) groups is 1. The van der Waals surface area contributed by atoms with Crippen molar-refractivity contribution in [3.05, 3.63) is 59.9 Å². The molecule has 0 fully saturated rings. The Morgan fingerprint density at radius 3 is 2.65 bits per heavy atom. The molecule has 1 aliphatic carbocycles. The molecule has 116 valence electrons. The first-order chi connectivity index (χ1) is 11.1. The molecule has 0 N–H and O–H groups in total. The van der Waals surface area contributed by atoms with Crippen molar-refractivity contribution in [2.45, 2.75) is 6.42 Å². The van der Waals surface area contributed by atoms with Crippen LogP contribution in [0, 0.1) is 0 Å². The van der Waals surface area contributed by atoms with Crippen LogP contribution in [0.4, 0.5) is 4.79 Å². The van der Waals surface area contributed by atoms with Gasteiger partial charge < -0.3 is 9.64 Å². The third-order valence-electron chi connectivity index (χ3n) is 3.38. The second-order valence-electron chi connectivity index (χ2n) is 5.33. The second-order valence-corrected chi connectivity index (χ2v) is 5.33. The molecule has 0 aliphatic heterocycles. The Hall–Kier alpha value is -2.95. The summed E-state index contributed by atoms with van der Waals surface area (Å²) in [5.41, 5.74) is 3.00. The van der Waals surface area contributed by atoms with Crippen molar-refractivity contribution >= 4 is 12.2 Å². The lowest BCUT2D eigenvalue weighted by atomic mass is 10.1. The molecule has 1 aromatic carbocycles. The van der Waals surface area contributed by atoms with Gasteiger partial charge in [0.05, 0.1) is 11.4 Å². The molecule has 5 nitrogen and oxygen atoms in total. The third-order valence-corrected chi connectivity index (χ3v) is 3.38. The van der Waals surface area contributed by atoms with Crippen LogP contribution in [0.25, 0.3) is 17.3 Å². The first-order valence-electron chi connectivity index (χ1n) is 7.34. The molecule has 0 saturated heterocycles. The van der Waals surface area contributed by atoms with E-state index in [1.165, 1.54) is 4.90 Å². The summed E-state index contributed by atoms with van der Waals surface area (Å²) in [5, 5.41) is 0. The summed E-state index contributed by atoms with van der Waals surface area (Å²) >= 11 is 0. The Labute approximate surface area is 134 Å². The van der Waals surface area contributed by atoms with E-state index in [1.54, 1.807) is 14.1 Å². The van der Waals surface area contributed by atoms with Crippen LogP contribution < -0.4 is 4.74 Å². The summed E-state index contributed by atoms with van der Waals surface area (Å²) in [6, 6.07) is 9.59. The molecule has 0 spiro atoms. The minimum Gasteiger partial charge on any atom is -0.389 e. The van der Waals surface area contributed by atoms with Gasteiger partial charge in [-0.15, -0.1) is 0 Å². The van der Waals surface area contributed by atoms with E-state index in [-0.39, 0.29) is 5.88 Å². The number of hydrogen-bond donors (Lipinski definition) is 0. The summed E-state index contributed by atoms with van der Waals surface area (Å²) in [5.74, 6) is 0.234. The number of aromatic nitrogens is 2. The molecule has 2 aromatic rings. The van der Waals surface area contributed by atoms with E-state index in [4.69, 9.17) is 4.74 Å². The van der Waals surface area contributed by atoms with Gasteiger partial charge in [0.1, 0.15) is 5.69 Å². The Balaban J connectivity index is 2.11. The number of fused-ring (bicyclic) bond motifs is 1. The highest BCUT2D eigenvalue weighted by Crippen LogP contribution is 2.29. The minimum absolute atomic E-state index is 0.234. The SMILES string of the molecule is CN(C)C(=O)Oc1nc2c(nc1-c1ccccc1)C=CC=CC2. The van der Waals surface area contributed by atoms with Gasteiger partial charge in [0.15, 0.2) is 0 Å². The zero-order valence-electron chi connectivity index (χ0n) is 13.1. The van der Waals surface area contributed by atoms with Crippen LogP contribution in [0.3, 0.4) is 0 Å². The van der Waals surface area contributed by atoms with Crippen LogP contribution in [0.5, 0.6) is 5.88 Å². The van der Waals surface area contributed by atoms with Gasteiger partial charge in [0.25, 0.3) is 5.88 Å². The van der Waals surface area contributed by atoms with Crippen LogP contribution in [0.15, 0.2) is 48.6 Å². The highest BCUT2D eigenvalue weighted by molar-refractivity contribution is 5.74. The third kappa shape index (κ3) is 3.29. The topological polar surface area (TPSA) is 55.3 Å². The molecule has 0 unspecified atom stereocenters. The van der Waals surface area contributed by atoms with E-state index < -0.39 is 6.09 Å². The van der Waals surface area contributed by atoms with E-state index in [0.29, 0.717) is 12.1 Å². The fraction of sp³-hybridized carbons (Fsp3) is 0.167. The van der Waals surface area contributed by atoms with Crippen molar-refractivity contribution in [2.24, 2.45) is 0 Å². The highest BCUT2D eigenvalue weighted by atomic mass is 16.6. The van der Waals surface area contributed by atoms with Gasteiger partial charge in [-0.05, 0) is 6.08 Å². The smallest absolute Gasteiger partial charge is 0.389 e. The molecule has 1 heterocycles. The van der Waals surface area contributed by atoms with Crippen molar-refractivity contribution in [3.63, 3.8) is 0 Å². The summed E-state index contributed by atoms with van der Waals surface area (Å²) < 4.78 is 5.43. The van der Waals surface area contributed by atoms with E-state index in [2.05, 4.69) is 9.97 Å². The van der Waals surface area contributed by atoms with E-state index in [1.807, 2.05) is 54.6 Å². The van der Waals surface area contributed by atoms with Crippen molar-refractivity contribution in [2.75, 3.05) is 14.1 Å². The average Bonchev–Trinajstić information content (AvgIpc) is 2.79. The Morgan fingerprint density at radius 1 is 1.13 bits per heavy atom. The molecular formula is C18H17N3O2. The maximum Gasteiger partial charge on any atom is 0.416 e. The number of amides is 1. The minimum atomic E-state index is -0.476. The Morgan fingerprint density at radius 2 is 1.91 bits per heavy atom. The van der Waals surface area contributed by atoms with Gasteiger partial charge in [0.2, 0.25) is 0 Å². The zero-order valence-corrected chi connectivity index (χ0v) is 13.1.